The van der Waals surface area contributed by atoms with Crippen LogP contribution in [0.1, 0.15) is 10.4 Å². The Balaban J connectivity index is 0.00000204. The summed E-state index contributed by atoms with van der Waals surface area (Å²) in [6.07, 6.45) is 0. The van der Waals surface area contributed by atoms with Gasteiger partial charge in [0.1, 0.15) is 41.7 Å². The maximum absolute atomic E-state index is 11.9. The smallest absolute Gasteiger partial charge is 0.744 e. The quantitative estimate of drug-likeness (QED) is 0.133. The SMILES string of the molecule is O=C(O)c1c(O)c2ccc3c(S(=O)(=O)[O-])cc(S(=O)(=O)[O-])c4ccc(c1S(=O)(=O)[O-])c2c34.[Na+].[Na+].[Na+]. The van der Waals surface area contributed by atoms with E-state index in [9.17, 15) is 53.9 Å². The average Bonchev–Trinajstić information content (AvgIpc) is 2.63. The molecule has 0 bridgehead atoms. The van der Waals surface area contributed by atoms with Gasteiger partial charge >= 0.3 is 94.6 Å². The van der Waals surface area contributed by atoms with Gasteiger partial charge in [0, 0.05) is 32.3 Å². The molecule has 0 spiro atoms. The molecule has 2 N–H and O–H groups in total. The second kappa shape index (κ2) is 10.6. The van der Waals surface area contributed by atoms with Crippen molar-refractivity contribution >= 4 is 68.6 Å². The number of hydrogen-bond acceptors (Lipinski definition) is 11. The van der Waals surface area contributed by atoms with E-state index in [4.69, 9.17) is 0 Å². The molecular formula is C17H7Na3O12S3. The standard InChI is InChI=1S/C17H10O12S3.3Na/c18-15-8-3-1-6-10(30(21,22)23)5-11(31(24,25)26)7-2-4-9(13(8)12(6)7)16(32(27,28)29)14(15)17(19)20;;;/h1-5,18H,(H,19,20)(H,21,22,23)(H,24,25,26)(H,27,28,29);;;/q;3*+1/p-3. The van der Waals surface area contributed by atoms with Crippen LogP contribution in [0.15, 0.2) is 45.0 Å². The van der Waals surface area contributed by atoms with Gasteiger partial charge in [0.25, 0.3) is 0 Å². The van der Waals surface area contributed by atoms with Gasteiger partial charge in [0.05, 0.1) is 14.7 Å². The largest absolute Gasteiger partial charge is 1.00 e. The molecule has 0 fully saturated rings. The molecule has 18 heteroatoms. The van der Waals surface area contributed by atoms with E-state index in [2.05, 4.69) is 0 Å². The van der Waals surface area contributed by atoms with Crippen molar-refractivity contribution in [1.82, 2.24) is 0 Å². The summed E-state index contributed by atoms with van der Waals surface area (Å²) in [4.78, 5) is 8.02. The minimum Gasteiger partial charge on any atom is -0.744 e. The van der Waals surface area contributed by atoms with Gasteiger partial charge in [-0.05, 0) is 12.1 Å². The second-order valence-electron chi connectivity index (χ2n) is 6.66. The summed E-state index contributed by atoms with van der Waals surface area (Å²) in [6.45, 7) is 0. The number of carbonyl (C=O) groups is 1. The van der Waals surface area contributed by atoms with Crippen LogP contribution < -0.4 is 88.7 Å². The van der Waals surface area contributed by atoms with Crippen molar-refractivity contribution in [3.05, 3.63) is 35.9 Å². The third-order valence-corrected chi connectivity index (χ3v) is 7.60. The van der Waals surface area contributed by atoms with Crippen molar-refractivity contribution in [1.29, 1.82) is 0 Å². The summed E-state index contributed by atoms with van der Waals surface area (Å²) >= 11 is 0. The molecule has 4 rings (SSSR count). The first kappa shape index (κ1) is 32.9. The zero-order valence-electron chi connectivity index (χ0n) is 18.1. The summed E-state index contributed by atoms with van der Waals surface area (Å²) in [5, 5.41) is 17.1. The van der Waals surface area contributed by atoms with E-state index in [0.717, 1.165) is 24.3 Å². The van der Waals surface area contributed by atoms with Crippen LogP contribution in [-0.2, 0) is 30.4 Å². The Morgan fingerprint density at radius 2 is 1.03 bits per heavy atom. The predicted molar refractivity (Wildman–Crippen MR) is 103 cm³/mol. The first-order chi connectivity index (χ1) is 14.5. The average molecular weight is 568 g/mol. The summed E-state index contributed by atoms with van der Waals surface area (Å²) in [5.74, 6) is -3.14. The molecule has 0 amide bonds. The van der Waals surface area contributed by atoms with E-state index in [1.807, 2.05) is 0 Å². The number of hydrogen-bond donors (Lipinski definition) is 2. The molecule has 0 heterocycles. The number of aromatic carboxylic acids is 1. The molecule has 12 nitrogen and oxygen atoms in total. The van der Waals surface area contributed by atoms with Crippen molar-refractivity contribution in [2.45, 2.75) is 14.7 Å². The summed E-state index contributed by atoms with van der Waals surface area (Å²) in [6, 6.07) is 3.99. The van der Waals surface area contributed by atoms with Gasteiger partial charge in [-0.2, -0.15) is 0 Å². The van der Waals surface area contributed by atoms with E-state index < -0.39 is 94.6 Å². The van der Waals surface area contributed by atoms with Crippen LogP contribution in [0.25, 0.3) is 32.3 Å². The van der Waals surface area contributed by atoms with E-state index in [0.29, 0.717) is 6.07 Å². The topological polar surface area (TPSA) is 229 Å². The van der Waals surface area contributed by atoms with Crippen LogP contribution in [0.3, 0.4) is 0 Å². The molecule has 4 aromatic carbocycles. The first-order valence-electron chi connectivity index (χ1n) is 8.16. The molecular weight excluding hydrogens is 561 g/mol. The van der Waals surface area contributed by atoms with Gasteiger partial charge in [-0.15, -0.1) is 0 Å². The fourth-order valence-electron chi connectivity index (χ4n) is 3.82. The van der Waals surface area contributed by atoms with Crippen molar-refractivity contribution in [2.75, 3.05) is 0 Å². The van der Waals surface area contributed by atoms with Crippen molar-refractivity contribution in [3.63, 3.8) is 0 Å². The Kier molecular flexibility index (Phi) is 9.97. The minimum absolute atomic E-state index is 0. The van der Waals surface area contributed by atoms with Crippen LogP contribution in [0.4, 0.5) is 0 Å². The number of carboxylic acids is 1. The normalized spacial score (nSPS) is 12.2. The molecule has 0 saturated heterocycles. The van der Waals surface area contributed by atoms with Gasteiger partial charge in [-0.3, -0.25) is 0 Å². The Morgan fingerprint density at radius 1 is 0.657 bits per heavy atom. The van der Waals surface area contributed by atoms with E-state index in [1.54, 1.807) is 0 Å². The number of phenols is 1. The monoisotopic (exact) mass is 568 g/mol. The first-order valence-corrected chi connectivity index (χ1v) is 12.4. The van der Waals surface area contributed by atoms with Gasteiger partial charge < -0.3 is 23.9 Å². The molecule has 0 saturated carbocycles. The van der Waals surface area contributed by atoms with E-state index in [-0.39, 0.29) is 88.7 Å². The molecule has 0 unspecified atom stereocenters. The molecule has 0 atom stereocenters. The van der Waals surface area contributed by atoms with E-state index >= 15 is 0 Å². The minimum atomic E-state index is -5.55. The van der Waals surface area contributed by atoms with Crippen LogP contribution >= 0.6 is 0 Å². The molecule has 0 aliphatic heterocycles. The maximum Gasteiger partial charge on any atom is 1.00 e. The van der Waals surface area contributed by atoms with Gasteiger partial charge in [-0.25, -0.2) is 30.0 Å². The zero-order valence-corrected chi connectivity index (χ0v) is 26.5. The summed E-state index contributed by atoms with van der Waals surface area (Å²) in [5.41, 5.74) is -1.25. The molecule has 168 valence electrons. The molecule has 0 aliphatic rings. The van der Waals surface area contributed by atoms with Crippen LogP contribution in [-0.4, -0.2) is 55.1 Å². The number of benzene rings is 4. The van der Waals surface area contributed by atoms with Crippen molar-refractivity contribution in [3.8, 4) is 5.75 Å². The number of aromatic hydroxyl groups is 1. The second-order valence-corrected chi connectivity index (χ2v) is 10.7. The van der Waals surface area contributed by atoms with Gasteiger partial charge in [-0.1, -0.05) is 18.2 Å². The Bertz CT molecular complexity index is 1780. The Morgan fingerprint density at radius 3 is 1.40 bits per heavy atom. The fourth-order valence-corrected chi connectivity index (χ4v) is 6.17. The van der Waals surface area contributed by atoms with Crippen LogP contribution in [0.2, 0.25) is 0 Å². The predicted octanol–water partition coefficient (Wildman–Crippen LogP) is -8.29. The van der Waals surface area contributed by atoms with Crippen molar-refractivity contribution in [2.24, 2.45) is 0 Å². The number of rotatable bonds is 4. The summed E-state index contributed by atoms with van der Waals surface area (Å²) in [7, 11) is -16.3. The third-order valence-electron chi connectivity index (χ3n) is 4.92. The van der Waals surface area contributed by atoms with Crippen LogP contribution in [0, 0.1) is 0 Å². The number of carboxylic acid groups (broad SMARTS) is 1. The molecule has 0 aromatic heterocycles. The fraction of sp³-hybridized carbons (Fsp3) is 0. The molecule has 35 heavy (non-hydrogen) atoms. The van der Waals surface area contributed by atoms with E-state index in [1.165, 1.54) is 0 Å². The Hall–Kier alpha value is -0.0800. The third kappa shape index (κ3) is 5.41. The molecule has 4 aromatic rings. The van der Waals surface area contributed by atoms with Gasteiger partial charge in [0.15, 0.2) is 0 Å². The molecule has 0 aliphatic carbocycles. The van der Waals surface area contributed by atoms with Crippen LogP contribution in [0.5, 0.6) is 5.75 Å². The zero-order chi connectivity index (χ0) is 24.0. The van der Waals surface area contributed by atoms with Gasteiger partial charge in [0.2, 0.25) is 0 Å². The Labute approximate surface area is 264 Å². The van der Waals surface area contributed by atoms with Crippen molar-refractivity contribution < 1.29 is 143 Å². The maximum atomic E-state index is 11.9. The summed E-state index contributed by atoms with van der Waals surface area (Å²) < 4.78 is 106. The molecule has 0 radical (unpaired) electrons.